The van der Waals surface area contributed by atoms with Gasteiger partial charge in [-0.2, -0.15) is 0 Å². The van der Waals surface area contributed by atoms with Crippen LogP contribution in [0.15, 0.2) is 42.5 Å². The Bertz CT molecular complexity index is 865. The quantitative estimate of drug-likeness (QED) is 0.641. The van der Waals surface area contributed by atoms with Gasteiger partial charge in [-0.25, -0.2) is 0 Å². The van der Waals surface area contributed by atoms with Gasteiger partial charge in [0, 0.05) is 0 Å². The fraction of sp³-hybridized carbons (Fsp3) is 0.429. The molecule has 0 unspecified atom stereocenters. The standard InChI is InChI=1S/C21H24BF3O5/c1-19(2)20(3,4)30-22(29-19)15-8-11-17(18(12-15)26-5)27-13-14-6-9-16(10-7-14)28-21(23,24)25/h6-12H,13H2,1-5H3. The third-order valence-corrected chi connectivity index (χ3v) is 5.26. The molecule has 0 atom stereocenters. The van der Waals surface area contributed by atoms with Crippen LogP contribution in [0.3, 0.4) is 0 Å². The maximum atomic E-state index is 12.2. The van der Waals surface area contributed by atoms with Gasteiger partial charge in [0.15, 0.2) is 11.5 Å². The van der Waals surface area contributed by atoms with E-state index < -0.39 is 24.7 Å². The van der Waals surface area contributed by atoms with Gasteiger partial charge in [0.2, 0.25) is 0 Å². The number of benzene rings is 2. The minimum atomic E-state index is -4.72. The molecule has 0 N–H and O–H groups in total. The molecule has 0 aromatic heterocycles. The van der Waals surface area contributed by atoms with Gasteiger partial charge < -0.3 is 23.5 Å². The molecular formula is C21H24BF3O5. The number of methoxy groups -OCH3 is 1. The van der Waals surface area contributed by atoms with Crippen LogP contribution in [0.5, 0.6) is 17.2 Å². The molecule has 162 valence electrons. The summed E-state index contributed by atoms with van der Waals surface area (Å²) in [5.41, 5.74) is 0.567. The van der Waals surface area contributed by atoms with Crippen molar-refractivity contribution in [2.75, 3.05) is 7.11 Å². The average Bonchev–Trinajstić information content (AvgIpc) is 2.87. The van der Waals surface area contributed by atoms with Crippen molar-refractivity contribution < 1.29 is 36.7 Å². The highest BCUT2D eigenvalue weighted by atomic mass is 19.4. The van der Waals surface area contributed by atoms with E-state index in [1.54, 1.807) is 12.1 Å². The highest BCUT2D eigenvalue weighted by Crippen LogP contribution is 2.37. The Hall–Kier alpha value is -2.39. The molecule has 0 spiro atoms. The van der Waals surface area contributed by atoms with Gasteiger partial charge in [-0.15, -0.1) is 13.2 Å². The summed E-state index contributed by atoms with van der Waals surface area (Å²) in [6.45, 7) is 8.07. The lowest BCUT2D eigenvalue weighted by atomic mass is 9.79. The summed E-state index contributed by atoms with van der Waals surface area (Å²) in [6, 6.07) is 10.9. The van der Waals surface area contributed by atoms with Gasteiger partial charge >= 0.3 is 13.5 Å². The third kappa shape index (κ3) is 5.02. The molecule has 0 amide bonds. The minimum Gasteiger partial charge on any atom is -0.493 e. The van der Waals surface area contributed by atoms with Gasteiger partial charge in [-0.05, 0) is 63.0 Å². The van der Waals surface area contributed by atoms with E-state index in [-0.39, 0.29) is 12.4 Å². The van der Waals surface area contributed by atoms with Crippen LogP contribution >= 0.6 is 0 Å². The molecule has 1 fully saturated rings. The molecule has 3 rings (SSSR count). The van der Waals surface area contributed by atoms with E-state index in [4.69, 9.17) is 18.8 Å². The lowest BCUT2D eigenvalue weighted by Crippen LogP contribution is -2.41. The maximum Gasteiger partial charge on any atom is 0.573 e. The van der Waals surface area contributed by atoms with Crippen LogP contribution in [0.1, 0.15) is 33.3 Å². The topological polar surface area (TPSA) is 46.2 Å². The van der Waals surface area contributed by atoms with Crippen molar-refractivity contribution in [3.8, 4) is 17.2 Å². The first-order valence-corrected chi connectivity index (χ1v) is 9.41. The van der Waals surface area contributed by atoms with Gasteiger partial charge in [-0.3, -0.25) is 0 Å². The zero-order valence-corrected chi connectivity index (χ0v) is 17.5. The lowest BCUT2D eigenvalue weighted by Gasteiger charge is -2.32. The SMILES string of the molecule is COc1cc(B2OC(C)(C)C(C)(C)O2)ccc1OCc1ccc(OC(F)(F)F)cc1. The van der Waals surface area contributed by atoms with Crippen LogP contribution in [0.2, 0.25) is 0 Å². The molecule has 0 bridgehead atoms. The van der Waals surface area contributed by atoms with Crippen molar-refractivity contribution >= 4 is 12.6 Å². The van der Waals surface area contributed by atoms with Crippen LogP contribution in [0.25, 0.3) is 0 Å². The van der Waals surface area contributed by atoms with Crippen LogP contribution in [-0.4, -0.2) is 31.8 Å². The summed E-state index contributed by atoms with van der Waals surface area (Å²) in [4.78, 5) is 0. The highest BCUT2D eigenvalue weighted by Gasteiger charge is 2.51. The van der Waals surface area contributed by atoms with E-state index in [0.717, 1.165) is 5.46 Å². The van der Waals surface area contributed by atoms with Crippen molar-refractivity contribution in [1.29, 1.82) is 0 Å². The van der Waals surface area contributed by atoms with Crippen molar-refractivity contribution in [3.63, 3.8) is 0 Å². The number of alkyl halides is 3. The number of hydrogen-bond donors (Lipinski definition) is 0. The number of ether oxygens (including phenoxy) is 3. The van der Waals surface area contributed by atoms with E-state index in [2.05, 4.69) is 4.74 Å². The summed E-state index contributed by atoms with van der Waals surface area (Å²) in [5, 5.41) is 0. The second-order valence-corrected chi connectivity index (χ2v) is 7.98. The second kappa shape index (κ2) is 8.04. The summed E-state index contributed by atoms with van der Waals surface area (Å²) in [5.74, 6) is 0.711. The average molecular weight is 424 g/mol. The van der Waals surface area contributed by atoms with Crippen molar-refractivity contribution in [2.45, 2.75) is 51.9 Å². The molecule has 5 nitrogen and oxygen atoms in total. The van der Waals surface area contributed by atoms with Gasteiger partial charge in [0.05, 0.1) is 18.3 Å². The van der Waals surface area contributed by atoms with Crippen molar-refractivity contribution in [1.82, 2.24) is 0 Å². The fourth-order valence-corrected chi connectivity index (χ4v) is 2.88. The number of halogens is 3. The molecular weight excluding hydrogens is 400 g/mol. The van der Waals surface area contributed by atoms with Crippen molar-refractivity contribution in [2.24, 2.45) is 0 Å². The Morgan fingerprint density at radius 2 is 1.50 bits per heavy atom. The number of hydrogen-bond acceptors (Lipinski definition) is 5. The molecule has 1 aliphatic rings. The molecule has 0 radical (unpaired) electrons. The molecule has 0 aliphatic carbocycles. The molecule has 1 saturated heterocycles. The van der Waals surface area contributed by atoms with Gasteiger partial charge in [0.1, 0.15) is 12.4 Å². The summed E-state index contributed by atoms with van der Waals surface area (Å²) in [6.07, 6.45) is -4.72. The van der Waals surface area contributed by atoms with Crippen LogP contribution < -0.4 is 19.7 Å². The van der Waals surface area contributed by atoms with E-state index >= 15 is 0 Å². The Balaban J connectivity index is 1.68. The number of rotatable bonds is 6. The largest absolute Gasteiger partial charge is 0.573 e. The lowest BCUT2D eigenvalue weighted by molar-refractivity contribution is -0.274. The molecule has 0 saturated carbocycles. The predicted octanol–water partition coefficient (Wildman–Crippen LogP) is 4.47. The monoisotopic (exact) mass is 424 g/mol. The second-order valence-electron chi connectivity index (χ2n) is 7.98. The van der Waals surface area contributed by atoms with Crippen molar-refractivity contribution in [3.05, 3.63) is 48.0 Å². The third-order valence-electron chi connectivity index (χ3n) is 5.26. The Labute approximate surface area is 174 Å². The zero-order valence-electron chi connectivity index (χ0n) is 17.5. The van der Waals surface area contributed by atoms with Gasteiger partial charge in [-0.1, -0.05) is 18.2 Å². The van der Waals surface area contributed by atoms with Gasteiger partial charge in [0.25, 0.3) is 0 Å². The summed E-state index contributed by atoms with van der Waals surface area (Å²) >= 11 is 0. The van der Waals surface area contributed by atoms with E-state index in [0.29, 0.717) is 17.1 Å². The Kier molecular flexibility index (Phi) is 5.97. The fourth-order valence-electron chi connectivity index (χ4n) is 2.88. The van der Waals surface area contributed by atoms with E-state index in [1.807, 2.05) is 33.8 Å². The Morgan fingerprint density at radius 3 is 2.03 bits per heavy atom. The highest BCUT2D eigenvalue weighted by molar-refractivity contribution is 6.62. The van der Waals surface area contributed by atoms with E-state index in [9.17, 15) is 13.2 Å². The zero-order chi connectivity index (χ0) is 22.2. The predicted molar refractivity (Wildman–Crippen MR) is 106 cm³/mol. The first-order valence-electron chi connectivity index (χ1n) is 9.41. The summed E-state index contributed by atoms with van der Waals surface area (Å²) in [7, 11) is 0.999. The normalized spacial score (nSPS) is 17.7. The minimum absolute atomic E-state index is 0.151. The molecule has 2 aromatic carbocycles. The molecule has 9 heteroatoms. The van der Waals surface area contributed by atoms with E-state index in [1.165, 1.54) is 31.4 Å². The molecule has 2 aromatic rings. The molecule has 1 aliphatic heterocycles. The first kappa shape index (κ1) is 22.3. The molecule has 30 heavy (non-hydrogen) atoms. The van der Waals surface area contributed by atoms with Crippen LogP contribution in [0, 0.1) is 0 Å². The van der Waals surface area contributed by atoms with Crippen LogP contribution in [0.4, 0.5) is 13.2 Å². The first-order chi connectivity index (χ1) is 13.9. The smallest absolute Gasteiger partial charge is 0.493 e. The Morgan fingerprint density at radius 1 is 0.900 bits per heavy atom. The van der Waals surface area contributed by atoms with Crippen LogP contribution in [-0.2, 0) is 15.9 Å². The molecule has 1 heterocycles. The maximum absolute atomic E-state index is 12.2. The summed E-state index contributed by atoms with van der Waals surface area (Å²) < 4.78 is 63.9.